The van der Waals surface area contributed by atoms with Gasteiger partial charge in [0, 0.05) is 0 Å². The fourth-order valence-corrected chi connectivity index (χ4v) is 0.849. The Hall–Kier alpha value is -0.580. The minimum Gasteiger partial charge on any atom is -1.00 e. The number of nitrogens with one attached hydrogen (secondary N) is 1. The second-order valence-electron chi connectivity index (χ2n) is 1.90. The highest BCUT2D eigenvalue weighted by Crippen LogP contribution is 2.07. The van der Waals surface area contributed by atoms with Gasteiger partial charge in [-0.1, -0.05) is 12.1 Å². The smallest absolute Gasteiger partial charge is 0.224 e. The first-order valence-corrected chi connectivity index (χ1v) is 2.81. The zero-order valence-electron chi connectivity index (χ0n) is 5.17. The molecule has 1 aromatic carbocycles. The summed E-state index contributed by atoms with van der Waals surface area (Å²) in [6, 6.07) is 7.84. The minimum atomic E-state index is 0. The van der Waals surface area contributed by atoms with Gasteiger partial charge < -0.3 is 24.0 Å². The van der Waals surface area contributed by atoms with Gasteiger partial charge in [0.25, 0.3) is 0 Å². The van der Waals surface area contributed by atoms with Crippen LogP contribution in [0.2, 0.25) is 0 Å². The van der Waals surface area contributed by atoms with Crippen molar-refractivity contribution >= 4 is 11.0 Å². The van der Waals surface area contributed by atoms with Crippen LogP contribution in [0.5, 0.6) is 0 Å². The number of H-pyrrole nitrogens is 1. The molecule has 0 atom stereocenters. The molecular weight excluding hydrogens is 241 g/mol. The quantitative estimate of drug-likeness (QED) is 0.507. The zero-order chi connectivity index (χ0) is 6.10. The topological polar surface area (TPSA) is 27.3 Å². The Labute approximate surface area is 75.2 Å². The van der Waals surface area contributed by atoms with Crippen molar-refractivity contribution in [1.29, 1.82) is 0 Å². The van der Waals surface area contributed by atoms with Crippen LogP contribution in [0, 0.1) is 0 Å². The Morgan fingerprint density at radius 1 is 1.20 bits per heavy atom. The zero-order valence-corrected chi connectivity index (χ0v) is 7.33. The Balaban J connectivity index is 0.000000500. The summed E-state index contributed by atoms with van der Waals surface area (Å²) in [5, 5.41) is 3.77. The number of hydrogen-bond donors (Lipinski definition) is 0. The number of benzene rings is 1. The standard InChI is InChI=1S/C7H5NO.HI/c1-2-4-7-6(3-1)5-8-9-7;/h1-5H;1H. The van der Waals surface area contributed by atoms with Crippen LogP contribution in [-0.2, 0) is 0 Å². The van der Waals surface area contributed by atoms with E-state index < -0.39 is 0 Å². The van der Waals surface area contributed by atoms with Crippen molar-refractivity contribution in [3.8, 4) is 0 Å². The van der Waals surface area contributed by atoms with Crippen molar-refractivity contribution in [2.75, 3.05) is 0 Å². The molecule has 0 spiro atoms. The molecule has 0 fully saturated rings. The van der Waals surface area contributed by atoms with E-state index in [4.69, 9.17) is 4.52 Å². The molecule has 1 N–H and O–H groups in total. The van der Waals surface area contributed by atoms with Crippen LogP contribution >= 0.6 is 0 Å². The predicted octanol–water partition coefficient (Wildman–Crippen LogP) is -1.75. The average Bonchev–Trinajstić information content (AvgIpc) is 2.33. The molecular formula is C7H6INO. The fourth-order valence-electron chi connectivity index (χ4n) is 0.849. The van der Waals surface area contributed by atoms with Gasteiger partial charge >= 0.3 is 0 Å². The number of rotatable bonds is 0. The van der Waals surface area contributed by atoms with Crippen LogP contribution in [0.15, 0.2) is 35.0 Å². The number of fused-ring (bicyclic) bond motifs is 1. The molecule has 0 saturated carbocycles. The molecule has 2 aromatic rings. The van der Waals surface area contributed by atoms with Gasteiger partial charge in [0.1, 0.15) is 0 Å². The molecule has 0 amide bonds. The Bertz CT molecular complexity index is 288. The van der Waals surface area contributed by atoms with E-state index in [0.717, 1.165) is 11.0 Å². The van der Waals surface area contributed by atoms with Crippen molar-refractivity contribution in [3.63, 3.8) is 0 Å². The molecule has 0 aliphatic heterocycles. The second kappa shape index (κ2) is 3.01. The van der Waals surface area contributed by atoms with Gasteiger partial charge in [-0.2, -0.15) is 0 Å². The van der Waals surface area contributed by atoms with E-state index in [-0.39, 0.29) is 24.0 Å². The van der Waals surface area contributed by atoms with Gasteiger partial charge in [0.2, 0.25) is 11.8 Å². The third-order valence-electron chi connectivity index (χ3n) is 1.30. The summed E-state index contributed by atoms with van der Waals surface area (Å²) in [4.78, 5) is 0. The Kier molecular flexibility index (Phi) is 2.26. The maximum Gasteiger partial charge on any atom is 0.224 e. The van der Waals surface area contributed by atoms with Gasteiger partial charge in [0.05, 0.1) is 5.39 Å². The summed E-state index contributed by atoms with van der Waals surface area (Å²) >= 11 is 0. The monoisotopic (exact) mass is 247 g/mol. The molecule has 10 heavy (non-hydrogen) atoms. The van der Waals surface area contributed by atoms with Crippen molar-refractivity contribution in [3.05, 3.63) is 30.5 Å². The number of halogens is 1. The van der Waals surface area contributed by atoms with E-state index in [9.17, 15) is 0 Å². The van der Waals surface area contributed by atoms with E-state index in [1.54, 1.807) is 0 Å². The van der Waals surface area contributed by atoms with Gasteiger partial charge in [-0.3, -0.25) is 0 Å². The van der Waals surface area contributed by atoms with Crippen LogP contribution in [-0.4, -0.2) is 0 Å². The summed E-state index contributed by atoms with van der Waals surface area (Å²) in [5.41, 5.74) is 0.900. The van der Waals surface area contributed by atoms with Gasteiger partial charge in [-0.05, 0) is 17.3 Å². The highest BCUT2D eigenvalue weighted by Gasteiger charge is 1.96. The molecule has 2 nitrogen and oxygen atoms in total. The molecule has 0 unspecified atom stereocenters. The first kappa shape index (κ1) is 7.53. The average molecular weight is 247 g/mol. The molecule has 52 valence electrons. The SMILES string of the molecule is [I-].c1ccc2o[nH+]cc2c1. The van der Waals surface area contributed by atoms with Crippen LogP contribution in [0.3, 0.4) is 0 Å². The van der Waals surface area contributed by atoms with E-state index in [2.05, 4.69) is 5.16 Å². The van der Waals surface area contributed by atoms with Crippen molar-refractivity contribution in [2.24, 2.45) is 0 Å². The lowest BCUT2D eigenvalue weighted by atomic mass is 10.3. The Morgan fingerprint density at radius 2 is 2.00 bits per heavy atom. The van der Waals surface area contributed by atoms with Gasteiger partial charge in [-0.15, -0.1) is 0 Å². The van der Waals surface area contributed by atoms with Crippen molar-refractivity contribution in [2.45, 2.75) is 0 Å². The van der Waals surface area contributed by atoms with Crippen molar-refractivity contribution in [1.82, 2.24) is 0 Å². The first-order chi connectivity index (χ1) is 4.47. The lowest BCUT2D eigenvalue weighted by Gasteiger charge is -1.75. The van der Waals surface area contributed by atoms with Gasteiger partial charge in [0.15, 0.2) is 0 Å². The molecule has 2 rings (SSSR count). The van der Waals surface area contributed by atoms with Crippen LogP contribution in [0.4, 0.5) is 0 Å². The third-order valence-corrected chi connectivity index (χ3v) is 1.30. The van der Waals surface area contributed by atoms with E-state index in [1.807, 2.05) is 30.5 Å². The lowest BCUT2D eigenvalue weighted by Crippen LogP contribution is -3.00. The highest BCUT2D eigenvalue weighted by atomic mass is 127. The maximum absolute atomic E-state index is 4.99. The van der Waals surface area contributed by atoms with Gasteiger partial charge in [-0.25, -0.2) is 4.52 Å². The summed E-state index contributed by atoms with van der Waals surface area (Å²) in [5.74, 6) is 0. The van der Waals surface area contributed by atoms with Crippen LogP contribution in [0.1, 0.15) is 0 Å². The highest BCUT2D eigenvalue weighted by molar-refractivity contribution is 5.74. The van der Waals surface area contributed by atoms with E-state index >= 15 is 0 Å². The minimum absolute atomic E-state index is 0. The molecule has 0 bridgehead atoms. The predicted molar refractivity (Wildman–Crippen MR) is 32.8 cm³/mol. The number of aromatic amines is 1. The number of para-hydroxylation sites is 1. The first-order valence-electron chi connectivity index (χ1n) is 2.81. The molecule has 0 aliphatic rings. The summed E-state index contributed by atoms with van der Waals surface area (Å²) < 4.78 is 4.99. The molecule has 0 aliphatic carbocycles. The molecule has 1 heterocycles. The second-order valence-corrected chi connectivity index (χ2v) is 1.90. The van der Waals surface area contributed by atoms with E-state index in [1.165, 1.54) is 0 Å². The normalized spacial score (nSPS) is 9.20. The fraction of sp³-hybridized carbons (Fsp3) is 0. The number of hydrogen-bond acceptors (Lipinski definition) is 1. The van der Waals surface area contributed by atoms with Crippen LogP contribution < -0.4 is 29.1 Å². The molecule has 3 heteroatoms. The lowest BCUT2D eigenvalue weighted by molar-refractivity contribution is -0.602. The largest absolute Gasteiger partial charge is 1.00 e. The molecule has 0 saturated heterocycles. The summed E-state index contributed by atoms with van der Waals surface area (Å²) in [6.07, 6.45) is 1.83. The van der Waals surface area contributed by atoms with Crippen molar-refractivity contribution < 1.29 is 33.7 Å². The maximum atomic E-state index is 4.99. The third kappa shape index (κ3) is 1.13. The Morgan fingerprint density at radius 3 is 2.80 bits per heavy atom. The summed E-state index contributed by atoms with van der Waals surface area (Å²) in [7, 11) is 0. The molecule has 0 radical (unpaired) electrons. The molecule has 1 aromatic heterocycles. The summed E-state index contributed by atoms with van der Waals surface area (Å²) in [6.45, 7) is 0. The van der Waals surface area contributed by atoms with E-state index in [0.29, 0.717) is 0 Å². The number of aromatic nitrogens is 1. The van der Waals surface area contributed by atoms with Crippen LogP contribution in [0.25, 0.3) is 11.0 Å².